The second kappa shape index (κ2) is 9.08. The number of carbonyl (C=O) groups excluding carboxylic acids is 1. The number of aryl methyl sites for hydroxylation is 1. The van der Waals surface area contributed by atoms with Crippen molar-refractivity contribution < 1.29 is 9.18 Å². The molecule has 1 aliphatic heterocycles. The van der Waals surface area contributed by atoms with Crippen molar-refractivity contribution in [2.45, 2.75) is 71.0 Å². The Kier molecular flexibility index (Phi) is 6.28. The third kappa shape index (κ3) is 4.53. The second-order valence-electron chi connectivity index (χ2n) is 8.30. The molecule has 1 aliphatic carbocycles. The lowest BCUT2D eigenvalue weighted by molar-refractivity contribution is 0.0716. The fourth-order valence-electron chi connectivity index (χ4n) is 4.54. The first-order valence-electron chi connectivity index (χ1n) is 11.0. The molecule has 2 aromatic rings. The maximum Gasteiger partial charge on any atom is 0.274 e. The van der Waals surface area contributed by atoms with Crippen molar-refractivity contribution in [2.24, 2.45) is 0 Å². The van der Waals surface area contributed by atoms with Crippen LogP contribution in [-0.4, -0.2) is 39.7 Å². The highest BCUT2D eigenvalue weighted by Gasteiger charge is 2.31. The van der Waals surface area contributed by atoms with Gasteiger partial charge in [-0.1, -0.05) is 19.1 Å². The Bertz CT molecular complexity index is 839. The molecule has 1 fully saturated rings. The van der Waals surface area contributed by atoms with E-state index in [1.165, 1.54) is 24.2 Å². The predicted octanol–water partition coefficient (Wildman–Crippen LogP) is 3.71. The molecular weight excluding hydrogens is 367 g/mol. The zero-order valence-electron chi connectivity index (χ0n) is 17.3. The topological polar surface area (TPSA) is 50.2 Å². The molecule has 1 amide bonds. The first-order valence-corrected chi connectivity index (χ1v) is 11.0. The van der Waals surface area contributed by atoms with Crippen LogP contribution in [0.1, 0.15) is 66.3 Å². The normalized spacial score (nSPS) is 19.2. The molecule has 1 aromatic carbocycles. The number of fused-ring (bicyclic) bond motifs is 1. The zero-order valence-corrected chi connectivity index (χ0v) is 17.3. The summed E-state index contributed by atoms with van der Waals surface area (Å²) in [5, 5.41) is 8.38. The van der Waals surface area contributed by atoms with E-state index in [9.17, 15) is 9.18 Å². The Labute approximate surface area is 172 Å². The molecule has 156 valence electrons. The minimum atomic E-state index is -0.208. The molecule has 0 saturated carbocycles. The van der Waals surface area contributed by atoms with Gasteiger partial charge in [0.15, 0.2) is 5.69 Å². The number of nitrogens with one attached hydrogen (secondary N) is 1. The van der Waals surface area contributed by atoms with Crippen LogP contribution in [0.3, 0.4) is 0 Å². The monoisotopic (exact) mass is 398 g/mol. The van der Waals surface area contributed by atoms with Gasteiger partial charge >= 0.3 is 0 Å². The van der Waals surface area contributed by atoms with Gasteiger partial charge in [-0.05, 0) is 62.6 Å². The SMILES string of the molecule is CCCn1nc(C(=O)N2CCCCC2)c2c1CCC(NCc1ccc(F)cc1)C2. The van der Waals surface area contributed by atoms with Crippen molar-refractivity contribution >= 4 is 5.91 Å². The van der Waals surface area contributed by atoms with Crippen LogP contribution in [0.5, 0.6) is 0 Å². The molecule has 29 heavy (non-hydrogen) atoms. The second-order valence-corrected chi connectivity index (χ2v) is 8.30. The average Bonchev–Trinajstić information content (AvgIpc) is 3.11. The summed E-state index contributed by atoms with van der Waals surface area (Å²) < 4.78 is 15.2. The fraction of sp³-hybridized carbons (Fsp3) is 0.565. The maximum absolute atomic E-state index is 13.2. The molecular formula is C23H31FN4O. The van der Waals surface area contributed by atoms with Gasteiger partial charge in [0.2, 0.25) is 0 Å². The number of hydrogen-bond donors (Lipinski definition) is 1. The number of amides is 1. The van der Waals surface area contributed by atoms with Crippen LogP contribution in [0, 0.1) is 5.82 Å². The van der Waals surface area contributed by atoms with Crippen LogP contribution in [-0.2, 0) is 25.9 Å². The number of nitrogens with zero attached hydrogens (tertiary/aromatic N) is 3. The molecule has 1 saturated heterocycles. The number of benzene rings is 1. The van der Waals surface area contributed by atoms with Crippen molar-refractivity contribution in [3.8, 4) is 0 Å². The minimum Gasteiger partial charge on any atom is -0.337 e. The number of likely N-dealkylation sites (tertiary alicyclic amines) is 1. The number of carbonyl (C=O) groups is 1. The molecule has 1 aromatic heterocycles. The number of halogens is 1. The Morgan fingerprint density at radius 1 is 1.21 bits per heavy atom. The van der Waals surface area contributed by atoms with Crippen molar-refractivity contribution in [3.05, 3.63) is 52.6 Å². The van der Waals surface area contributed by atoms with Gasteiger partial charge in [-0.25, -0.2) is 4.39 Å². The summed E-state index contributed by atoms with van der Waals surface area (Å²) in [4.78, 5) is 15.2. The van der Waals surface area contributed by atoms with Gasteiger partial charge in [-0.3, -0.25) is 9.48 Å². The summed E-state index contributed by atoms with van der Waals surface area (Å²) in [6.45, 7) is 5.42. The highest BCUT2D eigenvalue weighted by molar-refractivity contribution is 5.94. The van der Waals surface area contributed by atoms with Crippen LogP contribution in [0.15, 0.2) is 24.3 Å². The first kappa shape index (κ1) is 20.1. The van der Waals surface area contributed by atoms with E-state index in [0.717, 1.165) is 69.3 Å². The van der Waals surface area contributed by atoms with Gasteiger partial charge in [0, 0.05) is 43.5 Å². The molecule has 5 nitrogen and oxygen atoms in total. The van der Waals surface area contributed by atoms with Crippen molar-refractivity contribution in [2.75, 3.05) is 13.1 Å². The Morgan fingerprint density at radius 2 is 1.97 bits per heavy atom. The van der Waals surface area contributed by atoms with E-state index < -0.39 is 0 Å². The third-order valence-corrected chi connectivity index (χ3v) is 6.14. The van der Waals surface area contributed by atoms with Gasteiger partial charge in [0.25, 0.3) is 5.91 Å². The summed E-state index contributed by atoms with van der Waals surface area (Å²) in [7, 11) is 0. The average molecular weight is 399 g/mol. The molecule has 4 rings (SSSR count). The number of hydrogen-bond acceptors (Lipinski definition) is 3. The first-order chi connectivity index (χ1) is 14.2. The van der Waals surface area contributed by atoms with Crippen molar-refractivity contribution in [1.29, 1.82) is 0 Å². The molecule has 0 radical (unpaired) electrons. The Hall–Kier alpha value is -2.21. The molecule has 2 heterocycles. The lowest BCUT2D eigenvalue weighted by atomic mass is 9.90. The van der Waals surface area contributed by atoms with Gasteiger partial charge in [0.05, 0.1) is 0 Å². The summed E-state index contributed by atoms with van der Waals surface area (Å²) in [6, 6.07) is 6.95. The van der Waals surface area contributed by atoms with E-state index in [1.807, 2.05) is 17.0 Å². The molecule has 6 heteroatoms. The van der Waals surface area contributed by atoms with E-state index >= 15 is 0 Å². The standard InChI is InChI=1S/C23H31FN4O/c1-2-12-28-21-11-10-19(25-16-17-6-8-18(24)9-7-17)15-20(21)22(26-28)23(29)27-13-4-3-5-14-27/h6-9,19,25H,2-5,10-16H2,1H3. The van der Waals surface area contributed by atoms with E-state index in [2.05, 4.69) is 16.9 Å². The largest absolute Gasteiger partial charge is 0.337 e. The Balaban J connectivity index is 1.50. The zero-order chi connectivity index (χ0) is 20.2. The molecule has 1 atom stereocenters. The lowest BCUT2D eigenvalue weighted by Crippen LogP contribution is -2.38. The fourth-order valence-corrected chi connectivity index (χ4v) is 4.54. The van der Waals surface area contributed by atoms with E-state index in [4.69, 9.17) is 5.10 Å². The quantitative estimate of drug-likeness (QED) is 0.807. The lowest BCUT2D eigenvalue weighted by Gasteiger charge is -2.28. The van der Waals surface area contributed by atoms with Crippen molar-refractivity contribution in [1.82, 2.24) is 20.0 Å². The van der Waals surface area contributed by atoms with Crippen LogP contribution >= 0.6 is 0 Å². The summed E-state index contributed by atoms with van der Waals surface area (Å²) >= 11 is 0. The molecule has 0 bridgehead atoms. The summed E-state index contributed by atoms with van der Waals surface area (Å²) in [6.07, 6.45) is 7.20. The van der Waals surface area contributed by atoms with Crippen LogP contribution in [0.2, 0.25) is 0 Å². The van der Waals surface area contributed by atoms with E-state index in [0.29, 0.717) is 18.3 Å². The third-order valence-electron chi connectivity index (χ3n) is 6.14. The van der Waals surface area contributed by atoms with E-state index in [1.54, 1.807) is 0 Å². The van der Waals surface area contributed by atoms with Crippen LogP contribution in [0.4, 0.5) is 4.39 Å². The highest BCUT2D eigenvalue weighted by Crippen LogP contribution is 2.27. The van der Waals surface area contributed by atoms with Crippen molar-refractivity contribution in [3.63, 3.8) is 0 Å². The number of piperidine rings is 1. The maximum atomic E-state index is 13.2. The minimum absolute atomic E-state index is 0.106. The molecule has 1 N–H and O–H groups in total. The highest BCUT2D eigenvalue weighted by atomic mass is 19.1. The van der Waals surface area contributed by atoms with Crippen LogP contribution in [0.25, 0.3) is 0 Å². The molecule has 2 aliphatic rings. The predicted molar refractivity (Wildman–Crippen MR) is 111 cm³/mol. The van der Waals surface area contributed by atoms with Gasteiger partial charge < -0.3 is 10.2 Å². The summed E-state index contributed by atoms with van der Waals surface area (Å²) in [5.41, 5.74) is 4.12. The van der Waals surface area contributed by atoms with Crippen LogP contribution < -0.4 is 5.32 Å². The van der Waals surface area contributed by atoms with Gasteiger partial charge in [0.1, 0.15) is 5.82 Å². The molecule has 0 spiro atoms. The molecule has 1 unspecified atom stereocenters. The Morgan fingerprint density at radius 3 is 2.69 bits per heavy atom. The van der Waals surface area contributed by atoms with Gasteiger partial charge in [-0.2, -0.15) is 5.10 Å². The van der Waals surface area contributed by atoms with Gasteiger partial charge in [-0.15, -0.1) is 0 Å². The number of aromatic nitrogens is 2. The summed E-state index contributed by atoms with van der Waals surface area (Å²) in [5.74, 6) is -0.102. The number of rotatable bonds is 6. The smallest absolute Gasteiger partial charge is 0.274 e. The van der Waals surface area contributed by atoms with E-state index in [-0.39, 0.29) is 11.7 Å².